The van der Waals surface area contributed by atoms with Crippen molar-refractivity contribution in [3.63, 3.8) is 0 Å². The fourth-order valence-electron chi connectivity index (χ4n) is 2.04. The summed E-state index contributed by atoms with van der Waals surface area (Å²) in [4.78, 5) is 11.3. The standard InChI is InChI=1S/C16H19NO.C2H4O2/c18-12-11-17(13-15-7-3-1-4-8-15)14-16-9-5-2-6-10-16;1-2(3)4/h1-10,18H,11-14H2;1H3,(H,3,4). The van der Waals surface area contributed by atoms with Gasteiger partial charge in [-0.3, -0.25) is 9.69 Å². The Balaban J connectivity index is 0.000000541. The van der Waals surface area contributed by atoms with E-state index in [-0.39, 0.29) is 6.61 Å². The Morgan fingerprint density at radius 3 is 1.59 bits per heavy atom. The molecule has 0 fully saturated rings. The minimum atomic E-state index is -0.833. The van der Waals surface area contributed by atoms with Gasteiger partial charge in [-0.05, 0) is 11.1 Å². The van der Waals surface area contributed by atoms with Crippen molar-refractivity contribution in [3.05, 3.63) is 71.8 Å². The van der Waals surface area contributed by atoms with Gasteiger partial charge in [0.15, 0.2) is 0 Å². The van der Waals surface area contributed by atoms with E-state index in [9.17, 15) is 0 Å². The first-order valence-corrected chi connectivity index (χ1v) is 7.22. The first-order valence-electron chi connectivity index (χ1n) is 7.22. The molecule has 0 spiro atoms. The molecule has 4 nitrogen and oxygen atoms in total. The number of carbonyl (C=O) groups is 1. The van der Waals surface area contributed by atoms with Crippen LogP contribution in [0.25, 0.3) is 0 Å². The number of benzene rings is 2. The summed E-state index contributed by atoms with van der Waals surface area (Å²) in [6.07, 6.45) is 0. The predicted molar refractivity (Wildman–Crippen MR) is 87.4 cm³/mol. The van der Waals surface area contributed by atoms with Crippen LogP contribution in [0.5, 0.6) is 0 Å². The van der Waals surface area contributed by atoms with Gasteiger partial charge in [0, 0.05) is 26.6 Å². The number of hydrogen-bond donors (Lipinski definition) is 2. The van der Waals surface area contributed by atoms with Crippen LogP contribution in [0.4, 0.5) is 0 Å². The zero-order valence-electron chi connectivity index (χ0n) is 12.9. The van der Waals surface area contributed by atoms with Gasteiger partial charge in [0.2, 0.25) is 0 Å². The molecule has 22 heavy (non-hydrogen) atoms. The predicted octanol–water partition coefficient (Wildman–Crippen LogP) is 2.77. The molecule has 118 valence electrons. The molecule has 2 aromatic rings. The lowest BCUT2D eigenvalue weighted by molar-refractivity contribution is -0.134. The second-order valence-corrected chi connectivity index (χ2v) is 4.92. The number of aliphatic hydroxyl groups is 1. The van der Waals surface area contributed by atoms with E-state index in [0.29, 0.717) is 6.54 Å². The van der Waals surface area contributed by atoms with Crippen molar-refractivity contribution in [3.8, 4) is 0 Å². The number of aliphatic carboxylic acids is 1. The summed E-state index contributed by atoms with van der Waals surface area (Å²) in [5.41, 5.74) is 2.56. The first-order chi connectivity index (χ1) is 10.6. The molecule has 2 N–H and O–H groups in total. The molecular weight excluding hydrogens is 278 g/mol. The zero-order chi connectivity index (χ0) is 16.2. The molecule has 0 bridgehead atoms. The molecule has 0 saturated carbocycles. The van der Waals surface area contributed by atoms with Crippen molar-refractivity contribution >= 4 is 5.97 Å². The van der Waals surface area contributed by atoms with Gasteiger partial charge in [-0.25, -0.2) is 0 Å². The first kappa shape index (κ1) is 17.9. The van der Waals surface area contributed by atoms with Gasteiger partial charge < -0.3 is 10.2 Å². The van der Waals surface area contributed by atoms with Crippen molar-refractivity contribution < 1.29 is 15.0 Å². The number of carboxylic acid groups (broad SMARTS) is 1. The quantitative estimate of drug-likeness (QED) is 0.861. The zero-order valence-corrected chi connectivity index (χ0v) is 12.9. The van der Waals surface area contributed by atoms with Crippen molar-refractivity contribution in [2.24, 2.45) is 0 Å². The van der Waals surface area contributed by atoms with E-state index in [0.717, 1.165) is 20.0 Å². The summed E-state index contributed by atoms with van der Waals surface area (Å²) in [6, 6.07) is 20.7. The van der Waals surface area contributed by atoms with E-state index >= 15 is 0 Å². The van der Waals surface area contributed by atoms with Gasteiger partial charge in [0.05, 0.1) is 6.61 Å². The topological polar surface area (TPSA) is 60.8 Å². The lowest BCUT2D eigenvalue weighted by Gasteiger charge is -2.21. The third kappa shape index (κ3) is 8.19. The minimum absolute atomic E-state index is 0.194. The fraction of sp³-hybridized carbons (Fsp3) is 0.278. The van der Waals surface area contributed by atoms with Gasteiger partial charge >= 0.3 is 0 Å². The lowest BCUT2D eigenvalue weighted by Crippen LogP contribution is -2.26. The minimum Gasteiger partial charge on any atom is -0.481 e. The molecule has 0 aliphatic heterocycles. The Kier molecular flexibility index (Phi) is 8.57. The summed E-state index contributed by atoms with van der Waals surface area (Å²) < 4.78 is 0. The number of aliphatic hydroxyl groups excluding tert-OH is 1. The van der Waals surface area contributed by atoms with Crippen LogP contribution in [-0.4, -0.2) is 34.2 Å². The lowest BCUT2D eigenvalue weighted by atomic mass is 10.1. The summed E-state index contributed by atoms with van der Waals surface area (Å²) in [5.74, 6) is -0.833. The fourth-order valence-corrected chi connectivity index (χ4v) is 2.04. The van der Waals surface area contributed by atoms with E-state index < -0.39 is 5.97 Å². The van der Waals surface area contributed by atoms with Crippen molar-refractivity contribution in [2.75, 3.05) is 13.2 Å². The number of rotatable bonds is 6. The number of nitrogens with zero attached hydrogens (tertiary/aromatic N) is 1. The second-order valence-electron chi connectivity index (χ2n) is 4.92. The Morgan fingerprint density at radius 1 is 0.909 bits per heavy atom. The molecule has 0 atom stereocenters. The van der Waals surface area contributed by atoms with Gasteiger partial charge in [-0.15, -0.1) is 0 Å². The van der Waals surface area contributed by atoms with E-state index in [1.165, 1.54) is 11.1 Å². The molecule has 0 amide bonds. The highest BCUT2D eigenvalue weighted by molar-refractivity contribution is 5.62. The summed E-state index contributed by atoms with van der Waals surface area (Å²) >= 11 is 0. The van der Waals surface area contributed by atoms with E-state index in [1.54, 1.807) is 0 Å². The summed E-state index contributed by atoms with van der Waals surface area (Å²) in [6.45, 7) is 3.72. The van der Waals surface area contributed by atoms with Crippen LogP contribution < -0.4 is 0 Å². The van der Waals surface area contributed by atoms with Gasteiger partial charge in [0.25, 0.3) is 5.97 Å². The molecule has 0 aliphatic carbocycles. The smallest absolute Gasteiger partial charge is 0.300 e. The van der Waals surface area contributed by atoms with Crippen LogP contribution in [-0.2, 0) is 17.9 Å². The van der Waals surface area contributed by atoms with Crippen LogP contribution in [0.1, 0.15) is 18.1 Å². The summed E-state index contributed by atoms with van der Waals surface area (Å²) in [5, 5.41) is 16.6. The highest BCUT2D eigenvalue weighted by Crippen LogP contribution is 2.09. The highest BCUT2D eigenvalue weighted by Gasteiger charge is 2.06. The molecule has 2 aromatic carbocycles. The average Bonchev–Trinajstić information content (AvgIpc) is 2.49. The van der Waals surface area contributed by atoms with Crippen LogP contribution in [0.3, 0.4) is 0 Å². The van der Waals surface area contributed by atoms with E-state index in [2.05, 4.69) is 53.4 Å². The number of hydrogen-bond acceptors (Lipinski definition) is 3. The average molecular weight is 301 g/mol. The van der Waals surface area contributed by atoms with Gasteiger partial charge in [-0.2, -0.15) is 0 Å². The molecule has 0 saturated heterocycles. The molecule has 0 heterocycles. The number of carboxylic acids is 1. The Morgan fingerprint density at radius 2 is 1.27 bits per heavy atom. The van der Waals surface area contributed by atoms with E-state index in [1.807, 2.05) is 12.1 Å². The van der Waals surface area contributed by atoms with Crippen LogP contribution in [0.2, 0.25) is 0 Å². The second kappa shape index (κ2) is 10.5. The Labute approximate surface area is 131 Å². The van der Waals surface area contributed by atoms with Gasteiger partial charge in [0.1, 0.15) is 0 Å². The molecule has 0 aromatic heterocycles. The third-order valence-corrected chi connectivity index (χ3v) is 2.91. The SMILES string of the molecule is CC(=O)O.OCCN(Cc1ccccc1)Cc1ccccc1. The maximum atomic E-state index is 9.15. The Bertz CT molecular complexity index is 483. The van der Waals surface area contributed by atoms with Crippen molar-refractivity contribution in [1.29, 1.82) is 0 Å². The van der Waals surface area contributed by atoms with Crippen LogP contribution >= 0.6 is 0 Å². The molecular formula is C18H23NO3. The van der Waals surface area contributed by atoms with E-state index in [4.69, 9.17) is 15.0 Å². The molecule has 4 heteroatoms. The highest BCUT2D eigenvalue weighted by atomic mass is 16.4. The molecule has 0 radical (unpaired) electrons. The molecule has 0 unspecified atom stereocenters. The third-order valence-electron chi connectivity index (χ3n) is 2.91. The van der Waals surface area contributed by atoms with Crippen LogP contribution in [0, 0.1) is 0 Å². The normalized spacial score (nSPS) is 9.95. The van der Waals surface area contributed by atoms with Crippen molar-refractivity contribution in [1.82, 2.24) is 4.90 Å². The Hall–Kier alpha value is -2.17. The molecule has 0 aliphatic rings. The molecule has 2 rings (SSSR count). The summed E-state index contributed by atoms with van der Waals surface area (Å²) in [7, 11) is 0. The maximum absolute atomic E-state index is 9.15. The largest absolute Gasteiger partial charge is 0.481 e. The van der Waals surface area contributed by atoms with Crippen molar-refractivity contribution in [2.45, 2.75) is 20.0 Å². The van der Waals surface area contributed by atoms with Gasteiger partial charge in [-0.1, -0.05) is 60.7 Å². The monoisotopic (exact) mass is 301 g/mol. The van der Waals surface area contributed by atoms with Crippen LogP contribution in [0.15, 0.2) is 60.7 Å². The maximum Gasteiger partial charge on any atom is 0.300 e.